The lowest BCUT2D eigenvalue weighted by Crippen LogP contribution is -2.03. The monoisotopic (exact) mass is 213 g/mol. The minimum Gasteiger partial charge on any atom is -0.479 e. The Bertz CT molecular complexity index is 77.0. The number of hydrogen-bond donors (Lipinski definition) is 2. The van der Waals surface area contributed by atoms with Crippen molar-refractivity contribution in [1.29, 1.82) is 0 Å². The molecule has 0 aliphatic carbocycles. The van der Waals surface area contributed by atoms with Gasteiger partial charge in [-0.15, -0.1) is 4.35 Å². The van der Waals surface area contributed by atoms with Crippen LogP contribution in [0.25, 0.3) is 0 Å². The van der Waals surface area contributed by atoms with Gasteiger partial charge in [0.1, 0.15) is 0 Å². The van der Waals surface area contributed by atoms with Crippen molar-refractivity contribution in [3.63, 3.8) is 0 Å². The molecule has 0 aliphatic heterocycles. The molecule has 0 amide bonds. The second-order valence-corrected chi connectivity index (χ2v) is 2.38. The minimum atomic E-state index is -1.29. The first-order valence-electron chi connectivity index (χ1n) is 1.53. The lowest BCUT2D eigenvalue weighted by Gasteiger charge is -1.84. The Hall–Kier alpha value is 0.590. The minimum absolute atomic E-state index is 1.21. The number of rotatable bonds is 1. The third-order valence-electron chi connectivity index (χ3n) is 0.187. The van der Waals surface area contributed by atoms with Crippen LogP contribution in [0.15, 0.2) is 0 Å². The summed E-state index contributed by atoms with van der Waals surface area (Å²) in [5.41, 5.74) is 0. The number of aliphatic carboxylic acids is 1. The van der Waals surface area contributed by atoms with E-state index in [4.69, 9.17) is 28.3 Å². The zero-order chi connectivity index (χ0) is 7.86. The molecule has 0 saturated carbocycles. The quantitative estimate of drug-likeness (QED) is 0.517. The lowest BCUT2D eigenvalue weighted by molar-refractivity contribution is -0.135. The van der Waals surface area contributed by atoms with E-state index in [1.807, 2.05) is 0 Å². The smallest absolute Gasteiger partial charge is 0.337 e. The van der Waals surface area contributed by atoms with Gasteiger partial charge in [0.25, 0.3) is 0 Å². The topological polar surface area (TPSA) is 49.3 Å². The molecule has 0 radical (unpaired) electrons. The zero-order valence-electron chi connectivity index (χ0n) is 3.94. The van der Waals surface area contributed by atoms with Crippen LogP contribution in [0.4, 0.5) is 0 Å². The van der Waals surface area contributed by atoms with Gasteiger partial charge in [-0.2, -0.15) is 0 Å². The van der Waals surface area contributed by atoms with Crippen LogP contribution in [0.1, 0.15) is 0 Å². The van der Waals surface area contributed by atoms with E-state index in [0.717, 1.165) is 0 Å². The van der Waals surface area contributed by atoms with Crippen molar-refractivity contribution in [3.8, 4) is 0 Å². The number of carbonyl (C=O) groups is 1. The van der Waals surface area contributed by atoms with Gasteiger partial charge in [-0.1, -0.05) is 23.2 Å². The molecular formula is C2H3Cl4NO2. The Morgan fingerprint density at radius 2 is 1.56 bits per heavy atom. The first kappa shape index (κ1) is 12.3. The van der Waals surface area contributed by atoms with E-state index in [1.165, 1.54) is 0 Å². The standard InChI is InChI=1S/C2H2Cl2O2.Cl2HN/c3-1(4)2(5)6;1-3-2/h1H,(H,5,6);3H. The average Bonchev–Trinajstić information content (AvgIpc) is 1.68. The predicted molar refractivity (Wildman–Crippen MR) is 38.0 cm³/mol. The molecule has 0 spiro atoms. The third-order valence-corrected chi connectivity index (χ3v) is 0.560. The number of carboxylic acid groups (broad SMARTS) is 1. The first-order valence-corrected chi connectivity index (χ1v) is 3.16. The zero-order valence-corrected chi connectivity index (χ0v) is 6.97. The summed E-state index contributed by atoms with van der Waals surface area (Å²) in [7, 11) is 0. The molecule has 3 nitrogen and oxygen atoms in total. The second kappa shape index (κ2) is 8.59. The Kier molecular flexibility index (Phi) is 11.7. The summed E-state index contributed by atoms with van der Waals surface area (Å²) in [6.45, 7) is 0. The van der Waals surface area contributed by atoms with Crippen LogP contribution in [0.5, 0.6) is 0 Å². The van der Waals surface area contributed by atoms with Crippen LogP contribution in [0.3, 0.4) is 0 Å². The Morgan fingerprint density at radius 1 is 1.44 bits per heavy atom. The number of hydrogen-bond acceptors (Lipinski definition) is 2. The maximum Gasteiger partial charge on any atom is 0.337 e. The molecule has 0 saturated heterocycles. The van der Waals surface area contributed by atoms with Gasteiger partial charge in [0, 0.05) is 0 Å². The van der Waals surface area contributed by atoms with Gasteiger partial charge in [0.15, 0.2) is 0 Å². The second-order valence-electron chi connectivity index (χ2n) is 0.710. The molecule has 0 atom stereocenters. The molecule has 0 rings (SSSR count). The molecule has 0 bridgehead atoms. The molecule has 0 unspecified atom stereocenters. The summed E-state index contributed by atoms with van der Waals surface area (Å²) < 4.78 is 1.69. The molecule has 0 aromatic carbocycles. The van der Waals surface area contributed by atoms with Crippen LogP contribution in [-0.4, -0.2) is 15.9 Å². The van der Waals surface area contributed by atoms with E-state index in [-0.39, 0.29) is 0 Å². The highest BCUT2D eigenvalue weighted by Crippen LogP contribution is 1.98. The van der Waals surface area contributed by atoms with Crippen LogP contribution in [0.2, 0.25) is 0 Å². The molecule has 0 aromatic rings. The van der Waals surface area contributed by atoms with Crippen molar-refractivity contribution in [2.75, 3.05) is 0 Å². The number of nitrogens with one attached hydrogen (secondary N) is 1. The lowest BCUT2D eigenvalue weighted by atomic mass is 10.8. The maximum absolute atomic E-state index is 9.44. The van der Waals surface area contributed by atoms with E-state index in [0.29, 0.717) is 0 Å². The van der Waals surface area contributed by atoms with Gasteiger partial charge in [-0.3, -0.25) is 0 Å². The summed E-state index contributed by atoms with van der Waals surface area (Å²) in [5.74, 6) is -1.21. The van der Waals surface area contributed by atoms with Gasteiger partial charge in [-0.25, -0.2) is 4.79 Å². The highest BCUT2D eigenvalue weighted by atomic mass is 35.5. The van der Waals surface area contributed by atoms with Gasteiger partial charge in [-0.05, 0) is 23.6 Å². The Morgan fingerprint density at radius 3 is 1.56 bits per heavy atom. The predicted octanol–water partition coefficient (Wildman–Crippen LogP) is 1.76. The molecule has 0 aliphatic rings. The summed E-state index contributed by atoms with van der Waals surface area (Å²) >= 11 is 18.6. The van der Waals surface area contributed by atoms with Crippen LogP contribution in [0, 0.1) is 0 Å². The van der Waals surface area contributed by atoms with E-state index >= 15 is 0 Å². The fourth-order valence-corrected chi connectivity index (χ4v) is 0. The molecule has 0 heterocycles. The molecule has 0 fully saturated rings. The van der Waals surface area contributed by atoms with Crippen LogP contribution < -0.4 is 4.35 Å². The molecule has 9 heavy (non-hydrogen) atoms. The van der Waals surface area contributed by atoms with Crippen LogP contribution in [-0.2, 0) is 4.79 Å². The third kappa shape index (κ3) is 17.7. The molecule has 0 aromatic heterocycles. The Balaban J connectivity index is 0. The highest BCUT2D eigenvalue weighted by molar-refractivity contribution is 6.52. The molecule has 7 heteroatoms. The van der Waals surface area contributed by atoms with Crippen molar-refractivity contribution >= 4 is 52.7 Å². The summed E-state index contributed by atoms with van der Waals surface area (Å²) in [6, 6.07) is 0. The Labute approximate surface area is 72.1 Å². The normalized spacial score (nSPS) is 8.11. The van der Waals surface area contributed by atoms with E-state index < -0.39 is 10.8 Å². The number of halogens is 4. The van der Waals surface area contributed by atoms with E-state index in [2.05, 4.69) is 23.6 Å². The summed E-state index contributed by atoms with van der Waals surface area (Å²) in [5, 5.41) is 7.73. The molecule has 2 N–H and O–H groups in total. The fraction of sp³-hybridized carbons (Fsp3) is 0.500. The van der Waals surface area contributed by atoms with Gasteiger partial charge in [0.05, 0.1) is 0 Å². The van der Waals surface area contributed by atoms with Crippen molar-refractivity contribution in [1.82, 2.24) is 4.35 Å². The number of alkyl halides is 2. The van der Waals surface area contributed by atoms with Crippen molar-refractivity contribution in [2.45, 2.75) is 4.84 Å². The molecule has 56 valence electrons. The van der Waals surface area contributed by atoms with Gasteiger partial charge in [0.2, 0.25) is 4.84 Å². The van der Waals surface area contributed by atoms with Gasteiger partial charge < -0.3 is 5.11 Å². The molecular weight excluding hydrogens is 212 g/mol. The van der Waals surface area contributed by atoms with Crippen LogP contribution >= 0.6 is 46.8 Å². The van der Waals surface area contributed by atoms with E-state index in [9.17, 15) is 4.79 Å². The maximum atomic E-state index is 9.44. The number of carboxylic acids is 1. The van der Waals surface area contributed by atoms with Crippen molar-refractivity contribution < 1.29 is 9.90 Å². The average molecular weight is 215 g/mol. The fourth-order valence-electron chi connectivity index (χ4n) is 0. The van der Waals surface area contributed by atoms with Crippen molar-refractivity contribution in [2.24, 2.45) is 0 Å². The summed E-state index contributed by atoms with van der Waals surface area (Å²) in [6.07, 6.45) is 0. The van der Waals surface area contributed by atoms with Gasteiger partial charge >= 0.3 is 5.97 Å². The van der Waals surface area contributed by atoms with Crippen molar-refractivity contribution in [3.05, 3.63) is 0 Å². The largest absolute Gasteiger partial charge is 0.479 e. The SMILES string of the molecule is ClNCl.O=C(O)C(Cl)Cl. The first-order chi connectivity index (χ1) is 4.06. The highest BCUT2D eigenvalue weighted by Gasteiger charge is 2.05. The van der Waals surface area contributed by atoms with E-state index in [1.54, 1.807) is 4.35 Å². The summed E-state index contributed by atoms with van der Waals surface area (Å²) in [4.78, 5) is 8.15.